The number of amides is 1. The van der Waals surface area contributed by atoms with E-state index in [9.17, 15) is 4.79 Å². The molecule has 1 aromatic heterocycles. The number of hydrogen-bond acceptors (Lipinski definition) is 3. The minimum Gasteiger partial charge on any atom is -0.489 e. The molecule has 0 aliphatic rings. The molecule has 0 spiro atoms. The van der Waals surface area contributed by atoms with Crippen LogP contribution in [0.2, 0.25) is 0 Å². The predicted molar refractivity (Wildman–Crippen MR) is 136 cm³/mol. The molecule has 32 heavy (non-hydrogen) atoms. The smallest absolute Gasteiger partial charge is 0.219 e. The van der Waals surface area contributed by atoms with Crippen molar-refractivity contribution in [1.29, 1.82) is 0 Å². The van der Waals surface area contributed by atoms with E-state index < -0.39 is 0 Å². The Bertz CT molecular complexity index is 1310. The molecule has 4 aromatic rings. The van der Waals surface area contributed by atoms with Crippen molar-refractivity contribution in [3.63, 3.8) is 0 Å². The van der Waals surface area contributed by atoms with Crippen LogP contribution in [0.15, 0.2) is 76.6 Å². The first-order valence-electron chi connectivity index (χ1n) is 10.2. The summed E-state index contributed by atoms with van der Waals surface area (Å²) in [6.07, 6.45) is 0.210. The standard InChI is InChI=1S/C27H22BrNO2S/c1-2-5-20(15-27(29)30)19-9-11-21(12-10-19)31-16-18-8-13-26-23(14-18)24(17-32-26)22-6-3-4-7-25(22)28/h3-4,6-14,17,20H,15-16H2,1H3,(H2,29,30)/t20-/m0/s1. The second-order valence-electron chi connectivity index (χ2n) is 7.43. The lowest BCUT2D eigenvalue weighted by atomic mass is 9.96. The zero-order valence-corrected chi connectivity index (χ0v) is 20.0. The van der Waals surface area contributed by atoms with Crippen molar-refractivity contribution in [1.82, 2.24) is 0 Å². The van der Waals surface area contributed by atoms with Gasteiger partial charge < -0.3 is 10.5 Å². The van der Waals surface area contributed by atoms with Gasteiger partial charge >= 0.3 is 0 Å². The summed E-state index contributed by atoms with van der Waals surface area (Å²) in [7, 11) is 0. The lowest BCUT2D eigenvalue weighted by molar-refractivity contribution is -0.118. The van der Waals surface area contributed by atoms with Crippen LogP contribution in [0.5, 0.6) is 5.75 Å². The molecular formula is C27H22BrNO2S. The Labute approximate surface area is 200 Å². The van der Waals surface area contributed by atoms with Crippen molar-refractivity contribution in [3.8, 4) is 28.7 Å². The largest absolute Gasteiger partial charge is 0.489 e. The van der Waals surface area contributed by atoms with Crippen LogP contribution in [-0.2, 0) is 11.4 Å². The van der Waals surface area contributed by atoms with E-state index in [4.69, 9.17) is 10.5 Å². The Hall–Kier alpha value is -3.07. The minimum absolute atomic E-state index is 0.191. The van der Waals surface area contributed by atoms with Crippen LogP contribution in [0.3, 0.4) is 0 Å². The fourth-order valence-electron chi connectivity index (χ4n) is 3.64. The first-order valence-corrected chi connectivity index (χ1v) is 11.9. The molecule has 1 heterocycles. The number of primary amides is 1. The molecule has 4 rings (SSSR count). The van der Waals surface area contributed by atoms with Crippen molar-refractivity contribution in [2.24, 2.45) is 5.73 Å². The van der Waals surface area contributed by atoms with Crippen molar-refractivity contribution in [2.75, 3.05) is 0 Å². The molecule has 0 aliphatic heterocycles. The number of benzene rings is 3. The van der Waals surface area contributed by atoms with E-state index in [2.05, 4.69) is 69.5 Å². The van der Waals surface area contributed by atoms with Gasteiger partial charge in [0.1, 0.15) is 12.4 Å². The van der Waals surface area contributed by atoms with Gasteiger partial charge in [0.25, 0.3) is 0 Å². The number of thiophene rings is 1. The second-order valence-corrected chi connectivity index (χ2v) is 9.20. The third-order valence-corrected chi connectivity index (χ3v) is 6.87. The number of hydrogen-bond donors (Lipinski definition) is 1. The Balaban J connectivity index is 1.51. The molecule has 0 unspecified atom stereocenters. The Morgan fingerprint density at radius 2 is 1.88 bits per heavy atom. The van der Waals surface area contributed by atoms with Gasteiger partial charge in [-0.2, -0.15) is 0 Å². The number of halogens is 1. The summed E-state index contributed by atoms with van der Waals surface area (Å²) in [5.41, 5.74) is 9.84. The third-order valence-electron chi connectivity index (χ3n) is 5.21. The highest BCUT2D eigenvalue weighted by Crippen LogP contribution is 2.38. The van der Waals surface area contributed by atoms with E-state index in [1.807, 2.05) is 30.3 Å². The van der Waals surface area contributed by atoms with Crippen LogP contribution in [0.4, 0.5) is 0 Å². The topological polar surface area (TPSA) is 52.3 Å². The van der Waals surface area contributed by atoms with Gasteiger partial charge in [0.15, 0.2) is 0 Å². The van der Waals surface area contributed by atoms with Crippen LogP contribution < -0.4 is 10.5 Å². The molecule has 5 heteroatoms. The fourth-order valence-corrected chi connectivity index (χ4v) is 5.08. The maximum Gasteiger partial charge on any atom is 0.219 e. The molecule has 0 radical (unpaired) electrons. The van der Waals surface area contributed by atoms with E-state index in [0.717, 1.165) is 21.3 Å². The number of fused-ring (bicyclic) bond motifs is 1. The SMILES string of the molecule is CC#C[C@@H](CC(N)=O)c1ccc(OCc2ccc3scc(-c4ccccc4Br)c3c2)cc1. The Kier molecular flexibility index (Phi) is 6.94. The average Bonchev–Trinajstić information content (AvgIpc) is 3.21. The van der Waals surface area contributed by atoms with Crippen molar-refractivity contribution < 1.29 is 9.53 Å². The van der Waals surface area contributed by atoms with Gasteiger partial charge in [-0.25, -0.2) is 0 Å². The lowest BCUT2D eigenvalue weighted by Crippen LogP contribution is -2.14. The molecule has 0 bridgehead atoms. The fraction of sp³-hybridized carbons (Fsp3) is 0.148. The van der Waals surface area contributed by atoms with E-state index in [-0.39, 0.29) is 18.2 Å². The van der Waals surface area contributed by atoms with Crippen LogP contribution >= 0.6 is 27.3 Å². The summed E-state index contributed by atoms with van der Waals surface area (Å²) >= 11 is 5.42. The van der Waals surface area contributed by atoms with Gasteiger partial charge in [-0.3, -0.25) is 4.79 Å². The zero-order valence-electron chi connectivity index (χ0n) is 17.6. The zero-order chi connectivity index (χ0) is 22.5. The van der Waals surface area contributed by atoms with Crippen LogP contribution in [0.25, 0.3) is 21.2 Å². The molecule has 0 fully saturated rings. The first kappa shape index (κ1) is 22.1. The molecule has 2 N–H and O–H groups in total. The van der Waals surface area contributed by atoms with Gasteiger partial charge in [-0.05, 0) is 59.3 Å². The van der Waals surface area contributed by atoms with Crippen molar-refractivity contribution in [3.05, 3.63) is 87.7 Å². The quantitative estimate of drug-likeness (QED) is 0.279. The number of carbonyl (C=O) groups excluding carboxylic acids is 1. The van der Waals surface area contributed by atoms with E-state index in [0.29, 0.717) is 6.61 Å². The highest BCUT2D eigenvalue weighted by molar-refractivity contribution is 9.10. The molecular weight excluding hydrogens is 482 g/mol. The van der Waals surface area contributed by atoms with E-state index in [1.165, 1.54) is 21.2 Å². The molecule has 0 saturated carbocycles. The summed E-state index contributed by atoms with van der Waals surface area (Å²) in [5.74, 6) is 6.15. The van der Waals surface area contributed by atoms with Gasteiger partial charge in [-0.1, -0.05) is 58.2 Å². The molecule has 160 valence electrons. The van der Waals surface area contributed by atoms with Gasteiger partial charge in [0.05, 0.1) is 5.92 Å². The molecule has 3 aromatic carbocycles. The predicted octanol–water partition coefficient (Wildman–Crippen LogP) is 6.89. The maximum atomic E-state index is 11.3. The number of ether oxygens (including phenoxy) is 1. The normalized spacial score (nSPS) is 11.6. The van der Waals surface area contributed by atoms with E-state index in [1.54, 1.807) is 18.3 Å². The number of nitrogens with two attached hydrogens (primary N) is 1. The summed E-state index contributed by atoms with van der Waals surface area (Å²) in [4.78, 5) is 11.3. The maximum absolute atomic E-state index is 11.3. The highest BCUT2D eigenvalue weighted by atomic mass is 79.9. The summed E-state index contributed by atoms with van der Waals surface area (Å²) in [6, 6.07) is 22.5. The summed E-state index contributed by atoms with van der Waals surface area (Å²) in [5, 5.41) is 3.43. The van der Waals surface area contributed by atoms with Crippen LogP contribution in [0, 0.1) is 11.8 Å². The van der Waals surface area contributed by atoms with Gasteiger partial charge in [0.2, 0.25) is 5.91 Å². The van der Waals surface area contributed by atoms with Crippen LogP contribution in [-0.4, -0.2) is 5.91 Å². The van der Waals surface area contributed by atoms with Crippen LogP contribution in [0.1, 0.15) is 30.4 Å². The first-order chi connectivity index (χ1) is 15.5. The minimum atomic E-state index is -0.358. The van der Waals surface area contributed by atoms with Gasteiger partial charge in [0, 0.05) is 26.5 Å². The summed E-state index contributed by atoms with van der Waals surface area (Å²) < 4.78 is 8.37. The van der Waals surface area contributed by atoms with Gasteiger partial charge in [-0.15, -0.1) is 17.3 Å². The molecule has 3 nitrogen and oxygen atoms in total. The Morgan fingerprint density at radius 3 is 2.59 bits per heavy atom. The Morgan fingerprint density at radius 1 is 1.09 bits per heavy atom. The molecule has 0 saturated heterocycles. The number of carbonyl (C=O) groups is 1. The lowest BCUT2D eigenvalue weighted by Gasteiger charge is -2.11. The molecule has 0 aliphatic carbocycles. The van der Waals surface area contributed by atoms with Crippen molar-refractivity contribution >= 4 is 43.3 Å². The van der Waals surface area contributed by atoms with E-state index >= 15 is 0 Å². The molecule has 1 amide bonds. The molecule has 1 atom stereocenters. The monoisotopic (exact) mass is 503 g/mol. The van der Waals surface area contributed by atoms with Crippen molar-refractivity contribution in [2.45, 2.75) is 25.9 Å². The third kappa shape index (κ3) is 5.04. The highest BCUT2D eigenvalue weighted by Gasteiger charge is 2.13. The average molecular weight is 504 g/mol. The summed E-state index contributed by atoms with van der Waals surface area (Å²) in [6.45, 7) is 2.23. The number of rotatable bonds is 7. The second kappa shape index (κ2) is 10.0.